The summed E-state index contributed by atoms with van der Waals surface area (Å²) in [5.41, 5.74) is 2.43. The summed E-state index contributed by atoms with van der Waals surface area (Å²) in [6.45, 7) is 7.90. The average Bonchev–Trinajstić information content (AvgIpc) is 2.53. The van der Waals surface area contributed by atoms with Gasteiger partial charge in [0.25, 0.3) is 5.91 Å². The Morgan fingerprint density at radius 3 is 2.72 bits per heavy atom. The number of nitrogens with zero attached hydrogens (tertiary/aromatic N) is 2. The zero-order valence-corrected chi connectivity index (χ0v) is 11.6. The third kappa shape index (κ3) is 2.56. The fraction of sp³-hybridized carbons (Fsp3) is 0.692. The molecule has 0 bridgehead atoms. The summed E-state index contributed by atoms with van der Waals surface area (Å²) in [5.74, 6) is 0.610. The van der Waals surface area contributed by atoms with Crippen molar-refractivity contribution in [2.75, 3.05) is 13.1 Å². The van der Waals surface area contributed by atoms with Crippen LogP contribution in [0.2, 0.25) is 0 Å². The van der Waals surface area contributed by atoms with Gasteiger partial charge in [-0.2, -0.15) is 5.10 Å². The molecule has 1 aromatic heterocycles. The van der Waals surface area contributed by atoms with E-state index in [2.05, 4.69) is 22.7 Å². The molecule has 2 unspecified atom stereocenters. The summed E-state index contributed by atoms with van der Waals surface area (Å²) in [7, 11) is 1.86. The maximum Gasteiger partial charge on any atom is 0.255 e. The van der Waals surface area contributed by atoms with Gasteiger partial charge >= 0.3 is 0 Å². The number of aromatic nitrogens is 2. The number of carbonyl (C=O) groups is 1. The van der Waals surface area contributed by atoms with Gasteiger partial charge in [0, 0.05) is 25.3 Å². The topological polar surface area (TPSA) is 59.0 Å². The number of hydrogen-bond donors (Lipinski definition) is 2. The highest BCUT2D eigenvalue weighted by Gasteiger charge is 2.23. The van der Waals surface area contributed by atoms with Gasteiger partial charge in [-0.3, -0.25) is 9.48 Å². The van der Waals surface area contributed by atoms with Crippen LogP contribution >= 0.6 is 0 Å². The van der Waals surface area contributed by atoms with E-state index in [4.69, 9.17) is 0 Å². The Labute approximate surface area is 108 Å². The van der Waals surface area contributed by atoms with Gasteiger partial charge < -0.3 is 10.6 Å². The average molecular weight is 250 g/mol. The number of carbonyl (C=O) groups excluding carboxylic acids is 1. The van der Waals surface area contributed by atoms with Gasteiger partial charge in [-0.25, -0.2) is 0 Å². The molecular weight excluding hydrogens is 228 g/mol. The fourth-order valence-corrected chi connectivity index (χ4v) is 2.63. The summed E-state index contributed by atoms with van der Waals surface area (Å²) < 4.78 is 1.76. The Hall–Kier alpha value is -1.36. The molecule has 1 saturated heterocycles. The molecule has 2 atom stereocenters. The largest absolute Gasteiger partial charge is 0.348 e. The van der Waals surface area contributed by atoms with Gasteiger partial charge in [0.2, 0.25) is 0 Å². The van der Waals surface area contributed by atoms with Crippen LogP contribution in [0.3, 0.4) is 0 Å². The first-order valence-corrected chi connectivity index (χ1v) is 6.50. The molecule has 2 N–H and O–H groups in total. The van der Waals surface area contributed by atoms with E-state index in [1.54, 1.807) is 4.68 Å². The van der Waals surface area contributed by atoms with Crippen LogP contribution in [0.15, 0.2) is 0 Å². The van der Waals surface area contributed by atoms with Crippen LogP contribution in [-0.2, 0) is 7.05 Å². The highest BCUT2D eigenvalue weighted by atomic mass is 16.1. The lowest BCUT2D eigenvalue weighted by Crippen LogP contribution is -2.48. The van der Waals surface area contributed by atoms with Gasteiger partial charge in [0.1, 0.15) is 0 Å². The van der Waals surface area contributed by atoms with Gasteiger partial charge in [-0.05, 0) is 32.7 Å². The molecule has 2 heterocycles. The van der Waals surface area contributed by atoms with Gasteiger partial charge in [0.05, 0.1) is 11.3 Å². The number of hydrogen-bond acceptors (Lipinski definition) is 3. The quantitative estimate of drug-likeness (QED) is 0.815. The molecule has 100 valence electrons. The summed E-state index contributed by atoms with van der Waals surface area (Å²) >= 11 is 0. The molecule has 18 heavy (non-hydrogen) atoms. The maximum absolute atomic E-state index is 12.3. The zero-order chi connectivity index (χ0) is 13.3. The molecule has 1 aliphatic rings. The van der Waals surface area contributed by atoms with Crippen molar-refractivity contribution in [3.05, 3.63) is 17.0 Å². The van der Waals surface area contributed by atoms with Crippen LogP contribution < -0.4 is 10.6 Å². The lowest BCUT2D eigenvalue weighted by Gasteiger charge is -2.28. The lowest BCUT2D eigenvalue weighted by molar-refractivity contribution is 0.0924. The van der Waals surface area contributed by atoms with Crippen molar-refractivity contribution in [2.45, 2.75) is 33.2 Å². The first-order valence-electron chi connectivity index (χ1n) is 6.50. The normalized spacial score (nSPS) is 24.0. The Bertz CT molecular complexity index is 452. The maximum atomic E-state index is 12.3. The second-order valence-electron chi connectivity index (χ2n) is 5.34. The van der Waals surface area contributed by atoms with Crippen LogP contribution in [0, 0.1) is 19.8 Å². The SMILES string of the molecule is Cc1nn(C)c(C)c1C(=O)NC1CNCC(C)C1. The molecule has 0 aromatic carbocycles. The van der Waals surface area contributed by atoms with E-state index < -0.39 is 0 Å². The molecule has 0 spiro atoms. The van der Waals surface area contributed by atoms with Crippen molar-refractivity contribution < 1.29 is 4.79 Å². The van der Waals surface area contributed by atoms with E-state index in [1.807, 2.05) is 20.9 Å². The van der Waals surface area contributed by atoms with Gasteiger partial charge in [0.15, 0.2) is 0 Å². The number of rotatable bonds is 2. The first-order chi connectivity index (χ1) is 8.49. The van der Waals surface area contributed by atoms with Crippen molar-refractivity contribution in [3.8, 4) is 0 Å². The summed E-state index contributed by atoms with van der Waals surface area (Å²) in [6.07, 6.45) is 1.04. The van der Waals surface area contributed by atoms with Crippen molar-refractivity contribution in [2.24, 2.45) is 13.0 Å². The molecule has 0 radical (unpaired) electrons. The minimum absolute atomic E-state index is 0.000926. The minimum atomic E-state index is -0.000926. The zero-order valence-electron chi connectivity index (χ0n) is 11.6. The van der Waals surface area contributed by atoms with Crippen LogP contribution in [0.25, 0.3) is 0 Å². The van der Waals surface area contributed by atoms with Crippen molar-refractivity contribution in [3.63, 3.8) is 0 Å². The van der Waals surface area contributed by atoms with Crippen LogP contribution in [0.1, 0.15) is 35.1 Å². The summed E-state index contributed by atoms with van der Waals surface area (Å²) in [5, 5.41) is 10.7. The molecule has 0 saturated carbocycles. The van der Waals surface area contributed by atoms with Gasteiger partial charge in [-0.15, -0.1) is 0 Å². The first kappa shape index (κ1) is 13.1. The molecule has 5 heteroatoms. The van der Waals surface area contributed by atoms with E-state index in [9.17, 15) is 4.79 Å². The van der Waals surface area contributed by atoms with Crippen molar-refractivity contribution >= 4 is 5.91 Å². The molecule has 0 aliphatic carbocycles. The van der Waals surface area contributed by atoms with E-state index in [1.165, 1.54) is 0 Å². The highest BCUT2D eigenvalue weighted by Crippen LogP contribution is 2.14. The monoisotopic (exact) mass is 250 g/mol. The predicted molar refractivity (Wildman–Crippen MR) is 70.6 cm³/mol. The molecule has 1 fully saturated rings. The Morgan fingerprint density at radius 1 is 1.44 bits per heavy atom. The van der Waals surface area contributed by atoms with Gasteiger partial charge in [-0.1, -0.05) is 6.92 Å². The molecule has 1 amide bonds. The number of nitrogens with one attached hydrogen (secondary N) is 2. The summed E-state index contributed by atoms with van der Waals surface area (Å²) in [4.78, 5) is 12.3. The third-order valence-corrected chi connectivity index (χ3v) is 3.64. The number of amides is 1. The van der Waals surface area contributed by atoms with Crippen LogP contribution in [0.5, 0.6) is 0 Å². The molecular formula is C13H22N4O. The standard InChI is InChI=1S/C13H22N4O/c1-8-5-11(7-14-6-8)15-13(18)12-9(2)16-17(4)10(12)3/h8,11,14H,5-7H2,1-4H3,(H,15,18). The van der Waals surface area contributed by atoms with E-state index >= 15 is 0 Å². The minimum Gasteiger partial charge on any atom is -0.348 e. The van der Waals surface area contributed by atoms with E-state index in [0.29, 0.717) is 5.92 Å². The van der Waals surface area contributed by atoms with Crippen LogP contribution in [0.4, 0.5) is 0 Å². The Balaban J connectivity index is 2.07. The highest BCUT2D eigenvalue weighted by molar-refractivity contribution is 5.96. The van der Waals surface area contributed by atoms with E-state index in [-0.39, 0.29) is 11.9 Å². The predicted octanol–water partition coefficient (Wildman–Crippen LogP) is 0.765. The van der Waals surface area contributed by atoms with Crippen molar-refractivity contribution in [1.82, 2.24) is 20.4 Å². The Kier molecular flexibility index (Phi) is 3.71. The molecule has 1 aromatic rings. The molecule has 5 nitrogen and oxygen atoms in total. The number of aryl methyl sites for hydroxylation is 2. The second kappa shape index (κ2) is 5.10. The fourth-order valence-electron chi connectivity index (χ4n) is 2.63. The lowest BCUT2D eigenvalue weighted by atomic mass is 9.97. The molecule has 1 aliphatic heterocycles. The smallest absolute Gasteiger partial charge is 0.255 e. The van der Waals surface area contributed by atoms with Crippen LogP contribution in [-0.4, -0.2) is 34.8 Å². The third-order valence-electron chi connectivity index (χ3n) is 3.64. The number of piperidine rings is 1. The van der Waals surface area contributed by atoms with E-state index in [0.717, 1.165) is 36.5 Å². The summed E-state index contributed by atoms with van der Waals surface area (Å²) in [6, 6.07) is 0.222. The Morgan fingerprint density at radius 2 is 2.17 bits per heavy atom. The van der Waals surface area contributed by atoms with Crippen molar-refractivity contribution in [1.29, 1.82) is 0 Å². The second-order valence-corrected chi connectivity index (χ2v) is 5.34. The molecule has 2 rings (SSSR count).